The van der Waals surface area contributed by atoms with Gasteiger partial charge in [0.05, 0.1) is 3.39 Å². The average molecular weight is 230 g/mol. The summed E-state index contributed by atoms with van der Waals surface area (Å²) in [6.07, 6.45) is 1.22. The highest BCUT2D eigenvalue weighted by atomic mass is 79.9. The Hall–Kier alpha value is 0.370. The smallest absolute Gasteiger partial charge is 0.117 e. The van der Waals surface area contributed by atoms with E-state index < -0.39 is 5.83 Å². The van der Waals surface area contributed by atoms with E-state index in [0.29, 0.717) is 3.39 Å². The van der Waals surface area contributed by atoms with E-state index in [2.05, 4.69) is 38.4 Å². The minimum Gasteiger partial charge on any atom is -0.208 e. The Morgan fingerprint density at radius 2 is 2.00 bits per heavy atom. The number of hydrogen-bond acceptors (Lipinski definition) is 0. The second-order valence-corrected chi connectivity index (χ2v) is 3.65. The van der Waals surface area contributed by atoms with Crippen LogP contribution in [0.1, 0.15) is 0 Å². The van der Waals surface area contributed by atoms with Crippen LogP contribution in [0.5, 0.6) is 0 Å². The van der Waals surface area contributed by atoms with E-state index in [1.165, 1.54) is 6.08 Å². The minimum absolute atomic E-state index is 0.469. The molecule has 0 aromatic rings. The highest BCUT2D eigenvalue weighted by Crippen LogP contribution is 2.15. The zero-order valence-electron chi connectivity index (χ0n) is 3.42. The van der Waals surface area contributed by atoms with Crippen LogP contribution < -0.4 is 0 Å². The average Bonchev–Trinajstić information content (AvgIpc) is 1.27. The van der Waals surface area contributed by atoms with Gasteiger partial charge in [-0.3, -0.25) is 0 Å². The lowest BCUT2D eigenvalue weighted by atomic mass is 10.6. The van der Waals surface area contributed by atoms with Crippen LogP contribution in [0.15, 0.2) is 21.9 Å². The second-order valence-electron chi connectivity index (χ2n) is 0.881. The highest BCUT2D eigenvalue weighted by Gasteiger charge is 1.82. The molecule has 0 saturated carbocycles. The fourth-order valence-corrected chi connectivity index (χ4v) is 0.615. The lowest BCUT2D eigenvalue weighted by Crippen LogP contribution is -1.54. The van der Waals surface area contributed by atoms with Crippen molar-refractivity contribution in [1.29, 1.82) is 0 Å². The molecule has 0 aliphatic heterocycles. The molecule has 0 aliphatic rings. The molecule has 0 radical (unpaired) electrons. The molecule has 0 aliphatic carbocycles. The van der Waals surface area contributed by atoms with E-state index in [1.807, 2.05) is 0 Å². The molecule has 7 heavy (non-hydrogen) atoms. The first-order valence-corrected chi connectivity index (χ1v) is 3.08. The van der Waals surface area contributed by atoms with Crippen molar-refractivity contribution in [1.82, 2.24) is 0 Å². The second kappa shape index (κ2) is 3.38. The first-order valence-electron chi connectivity index (χ1n) is 1.50. The van der Waals surface area contributed by atoms with Gasteiger partial charge in [0.1, 0.15) is 5.83 Å². The maximum Gasteiger partial charge on any atom is 0.117 e. The standard InChI is InChI=1S/C4H3Br2F/c1-3(7)2-4(5)6/h2H,1H2. The normalized spacial score (nSPS) is 7.86. The van der Waals surface area contributed by atoms with Gasteiger partial charge in [0.2, 0.25) is 0 Å². The maximum absolute atomic E-state index is 11.6. The Balaban J connectivity index is 3.68. The number of hydrogen-bond donors (Lipinski definition) is 0. The van der Waals surface area contributed by atoms with Gasteiger partial charge < -0.3 is 0 Å². The maximum atomic E-state index is 11.6. The molecular formula is C4H3Br2F. The third-order valence-corrected chi connectivity index (χ3v) is 0.724. The summed E-state index contributed by atoms with van der Waals surface area (Å²) >= 11 is 5.90. The molecule has 0 atom stereocenters. The first-order chi connectivity index (χ1) is 3.13. The fraction of sp³-hybridized carbons (Fsp3) is 0. The van der Waals surface area contributed by atoms with Crippen molar-refractivity contribution in [2.24, 2.45) is 0 Å². The van der Waals surface area contributed by atoms with Gasteiger partial charge in [-0.2, -0.15) is 0 Å². The lowest BCUT2D eigenvalue weighted by molar-refractivity contribution is 0.671. The number of halogens is 3. The SMILES string of the molecule is C=C(F)C=C(Br)Br. The molecule has 0 nitrogen and oxygen atoms in total. The molecular weight excluding hydrogens is 227 g/mol. The molecule has 3 heteroatoms. The summed E-state index contributed by atoms with van der Waals surface area (Å²) in [6.45, 7) is 2.99. The molecule has 0 fully saturated rings. The highest BCUT2D eigenvalue weighted by molar-refractivity contribution is 9.28. The van der Waals surface area contributed by atoms with Crippen molar-refractivity contribution in [2.45, 2.75) is 0 Å². The summed E-state index contributed by atoms with van der Waals surface area (Å²) in [5.74, 6) is -0.469. The van der Waals surface area contributed by atoms with E-state index >= 15 is 0 Å². The molecule has 0 N–H and O–H groups in total. The van der Waals surface area contributed by atoms with Gasteiger partial charge in [-0.1, -0.05) is 6.58 Å². The van der Waals surface area contributed by atoms with Gasteiger partial charge in [-0.15, -0.1) is 0 Å². The van der Waals surface area contributed by atoms with Crippen LogP contribution in [0.3, 0.4) is 0 Å². The fourth-order valence-electron chi connectivity index (χ4n) is 0.118. The van der Waals surface area contributed by atoms with Gasteiger partial charge in [0, 0.05) is 0 Å². The monoisotopic (exact) mass is 228 g/mol. The van der Waals surface area contributed by atoms with Crippen molar-refractivity contribution in [3.63, 3.8) is 0 Å². The molecule has 0 heterocycles. The molecule has 0 spiro atoms. The summed E-state index contributed by atoms with van der Waals surface area (Å²) in [6, 6.07) is 0. The Morgan fingerprint density at radius 1 is 1.57 bits per heavy atom. The molecule has 40 valence electrons. The Kier molecular flexibility index (Phi) is 3.56. The topological polar surface area (TPSA) is 0 Å². The Bertz CT molecular complexity index is 102. The summed E-state index contributed by atoms with van der Waals surface area (Å²) in [5.41, 5.74) is 0. The largest absolute Gasteiger partial charge is 0.208 e. The van der Waals surface area contributed by atoms with Crippen LogP contribution in [0.25, 0.3) is 0 Å². The predicted molar refractivity (Wildman–Crippen MR) is 36.2 cm³/mol. The summed E-state index contributed by atoms with van der Waals surface area (Å²) < 4.78 is 12.2. The number of allylic oxidation sites excluding steroid dienone is 2. The van der Waals surface area contributed by atoms with E-state index in [-0.39, 0.29) is 0 Å². The van der Waals surface area contributed by atoms with E-state index in [1.54, 1.807) is 0 Å². The predicted octanol–water partition coefficient (Wildman–Crippen LogP) is 3.10. The van der Waals surface area contributed by atoms with Crippen molar-refractivity contribution in [2.75, 3.05) is 0 Å². The zero-order valence-corrected chi connectivity index (χ0v) is 6.59. The third-order valence-electron chi connectivity index (χ3n) is 0.266. The van der Waals surface area contributed by atoms with E-state index in [0.717, 1.165) is 0 Å². The van der Waals surface area contributed by atoms with Crippen molar-refractivity contribution in [3.05, 3.63) is 21.9 Å². The van der Waals surface area contributed by atoms with Gasteiger partial charge >= 0.3 is 0 Å². The van der Waals surface area contributed by atoms with Crippen LogP contribution in [0, 0.1) is 0 Å². The van der Waals surface area contributed by atoms with Crippen LogP contribution in [-0.4, -0.2) is 0 Å². The minimum atomic E-state index is -0.469. The summed E-state index contributed by atoms with van der Waals surface area (Å²) in [4.78, 5) is 0. The Labute approximate surface area is 58.4 Å². The zero-order chi connectivity index (χ0) is 5.86. The lowest BCUT2D eigenvalue weighted by Gasteiger charge is -1.77. The van der Waals surface area contributed by atoms with Gasteiger partial charge in [0.25, 0.3) is 0 Å². The molecule has 0 amide bonds. The van der Waals surface area contributed by atoms with Crippen molar-refractivity contribution >= 4 is 31.9 Å². The van der Waals surface area contributed by atoms with Crippen LogP contribution in [0.4, 0.5) is 4.39 Å². The van der Waals surface area contributed by atoms with E-state index in [4.69, 9.17) is 0 Å². The van der Waals surface area contributed by atoms with Gasteiger partial charge in [0.15, 0.2) is 0 Å². The van der Waals surface area contributed by atoms with Crippen molar-refractivity contribution in [3.8, 4) is 0 Å². The summed E-state index contributed by atoms with van der Waals surface area (Å²) in [5, 5.41) is 0. The first kappa shape index (κ1) is 7.37. The molecule has 0 rings (SSSR count). The molecule has 0 saturated heterocycles. The third kappa shape index (κ3) is 6.37. The van der Waals surface area contributed by atoms with Gasteiger partial charge in [-0.25, -0.2) is 4.39 Å². The van der Waals surface area contributed by atoms with Crippen LogP contribution in [0.2, 0.25) is 0 Å². The molecule has 0 aromatic heterocycles. The number of rotatable bonds is 1. The summed E-state index contributed by atoms with van der Waals surface area (Å²) in [7, 11) is 0. The van der Waals surface area contributed by atoms with E-state index in [9.17, 15) is 4.39 Å². The molecule has 0 aromatic carbocycles. The van der Waals surface area contributed by atoms with Gasteiger partial charge in [-0.05, 0) is 37.9 Å². The van der Waals surface area contributed by atoms with Crippen LogP contribution in [-0.2, 0) is 0 Å². The van der Waals surface area contributed by atoms with Crippen molar-refractivity contribution < 1.29 is 4.39 Å². The van der Waals surface area contributed by atoms with Crippen LogP contribution >= 0.6 is 31.9 Å². The Morgan fingerprint density at radius 3 is 2.00 bits per heavy atom. The molecule has 0 bridgehead atoms. The quantitative estimate of drug-likeness (QED) is 0.607. The molecule has 0 unspecified atom stereocenters.